The van der Waals surface area contributed by atoms with Crippen molar-refractivity contribution in [2.45, 2.75) is 69.4 Å². The molecule has 1 aliphatic heterocycles. The van der Waals surface area contributed by atoms with E-state index >= 15 is 0 Å². The molecule has 42 heavy (non-hydrogen) atoms. The normalized spacial score (nSPS) is 23.5. The minimum Gasteiger partial charge on any atom is -0.477 e. The molecule has 0 aliphatic carbocycles. The molecule has 1 unspecified atom stereocenters. The third kappa shape index (κ3) is 9.25. The molecule has 2 aromatic carbocycles. The van der Waals surface area contributed by atoms with Crippen molar-refractivity contribution in [2.24, 2.45) is 0 Å². The first-order chi connectivity index (χ1) is 20.1. The summed E-state index contributed by atoms with van der Waals surface area (Å²) in [6.07, 6.45) is -6.39. The van der Waals surface area contributed by atoms with E-state index in [-0.39, 0.29) is 19.6 Å². The number of benzene rings is 2. The van der Waals surface area contributed by atoms with Gasteiger partial charge in [-0.1, -0.05) is 61.5 Å². The highest BCUT2D eigenvalue weighted by Gasteiger charge is 2.55. The number of carbonyl (C=O) groups excluding carboxylic acids is 2. The lowest BCUT2D eigenvalue weighted by Crippen LogP contribution is -2.68. The Morgan fingerprint density at radius 2 is 1.76 bits per heavy atom. The largest absolute Gasteiger partial charge is 0.477 e. The quantitative estimate of drug-likeness (QED) is 0.163. The molecule has 2 aromatic rings. The number of nitrogens with one attached hydrogen (secondary N) is 2. The van der Waals surface area contributed by atoms with Crippen LogP contribution in [0.5, 0.6) is 0 Å². The molecule has 1 heterocycles. The predicted octanol–water partition coefficient (Wildman–Crippen LogP) is 1.33. The Kier molecular flexibility index (Phi) is 12.8. The van der Waals surface area contributed by atoms with Crippen LogP contribution in [0.2, 0.25) is 0 Å². The third-order valence-corrected chi connectivity index (χ3v) is 7.89. The van der Waals surface area contributed by atoms with Gasteiger partial charge in [-0.2, -0.15) is 11.8 Å². The number of carboxylic acids is 1. The number of amides is 2. The number of aliphatic hydroxyl groups excluding tert-OH is 3. The Morgan fingerprint density at radius 1 is 1.10 bits per heavy atom. The van der Waals surface area contributed by atoms with E-state index in [0.29, 0.717) is 6.42 Å². The standard InChI is InChI=1S/C30H40N2O9S/c1-3-42-15-7-14-40-30(29(38)39)17-23(34)26(32-19(2)33)28(41-30)27(37)24(35)18-31-25(36)16-20-10-12-22(13-11-20)21-8-5-4-6-9-21/h4-6,8-13,23-24,26-28,34-35,37H,3,7,14-18H2,1-2H3,(H,31,36)(H,32,33)(H,38,39)/t23?,24-,26-,27-,28-,30-/m1/s1. The first-order valence-corrected chi connectivity index (χ1v) is 15.1. The summed E-state index contributed by atoms with van der Waals surface area (Å²) in [7, 11) is 0. The summed E-state index contributed by atoms with van der Waals surface area (Å²) >= 11 is 1.65. The van der Waals surface area contributed by atoms with Gasteiger partial charge in [-0.3, -0.25) is 9.59 Å². The second kappa shape index (κ2) is 16.0. The van der Waals surface area contributed by atoms with E-state index in [9.17, 15) is 34.8 Å². The summed E-state index contributed by atoms with van der Waals surface area (Å²) in [6, 6.07) is 16.0. The van der Waals surface area contributed by atoms with Crippen LogP contribution in [0, 0.1) is 0 Å². The molecule has 11 nitrogen and oxygen atoms in total. The molecule has 0 radical (unpaired) electrons. The molecule has 6 atom stereocenters. The maximum Gasteiger partial charge on any atom is 0.364 e. The van der Waals surface area contributed by atoms with Crippen LogP contribution < -0.4 is 10.6 Å². The molecular weight excluding hydrogens is 564 g/mol. The number of carbonyl (C=O) groups is 3. The first-order valence-electron chi connectivity index (χ1n) is 13.9. The summed E-state index contributed by atoms with van der Waals surface area (Å²) < 4.78 is 11.3. The SMILES string of the molecule is CCSCCCO[C@]1(C(=O)O)CC(O)[C@@H](NC(C)=O)[C@H]([C@H](O)[C@H](O)CNC(=O)Cc2ccc(-c3ccccc3)cc2)O1. The van der Waals surface area contributed by atoms with Gasteiger partial charge >= 0.3 is 5.97 Å². The van der Waals surface area contributed by atoms with Crippen molar-refractivity contribution in [1.29, 1.82) is 0 Å². The van der Waals surface area contributed by atoms with Crippen LogP contribution in [-0.2, 0) is 30.3 Å². The van der Waals surface area contributed by atoms with E-state index in [1.807, 2.05) is 61.5 Å². The average Bonchev–Trinajstić information content (AvgIpc) is 2.97. The van der Waals surface area contributed by atoms with Crippen LogP contribution in [0.1, 0.15) is 32.3 Å². The molecule has 2 amide bonds. The van der Waals surface area contributed by atoms with E-state index in [4.69, 9.17) is 9.47 Å². The number of carboxylic acid groups (broad SMARTS) is 1. The number of thioether (sulfide) groups is 1. The topological polar surface area (TPSA) is 175 Å². The molecule has 1 saturated heterocycles. The van der Waals surface area contributed by atoms with Gasteiger partial charge in [-0.05, 0) is 34.6 Å². The van der Waals surface area contributed by atoms with Crippen LogP contribution in [0.3, 0.4) is 0 Å². The molecule has 6 N–H and O–H groups in total. The van der Waals surface area contributed by atoms with E-state index in [2.05, 4.69) is 10.6 Å². The van der Waals surface area contributed by atoms with Crippen molar-refractivity contribution >= 4 is 29.5 Å². The molecule has 0 aromatic heterocycles. The van der Waals surface area contributed by atoms with Crippen molar-refractivity contribution in [3.8, 4) is 11.1 Å². The van der Waals surface area contributed by atoms with Gasteiger partial charge < -0.3 is 40.5 Å². The smallest absolute Gasteiger partial charge is 0.364 e. The fourth-order valence-electron chi connectivity index (χ4n) is 4.74. The second-order valence-electron chi connectivity index (χ2n) is 10.1. The highest BCUT2D eigenvalue weighted by Crippen LogP contribution is 2.34. The van der Waals surface area contributed by atoms with Crippen LogP contribution in [-0.4, -0.2) is 99.1 Å². The van der Waals surface area contributed by atoms with Crippen molar-refractivity contribution in [1.82, 2.24) is 10.6 Å². The Morgan fingerprint density at radius 3 is 2.38 bits per heavy atom. The monoisotopic (exact) mass is 604 g/mol. The summed E-state index contributed by atoms with van der Waals surface area (Å²) in [4.78, 5) is 36.7. The van der Waals surface area contributed by atoms with Gasteiger partial charge in [0.05, 0.1) is 31.3 Å². The molecule has 0 saturated carbocycles. The first kappa shape index (κ1) is 33.5. The van der Waals surface area contributed by atoms with Crippen molar-refractivity contribution in [2.75, 3.05) is 24.7 Å². The zero-order chi connectivity index (χ0) is 30.7. The lowest BCUT2D eigenvalue weighted by atomic mass is 9.88. The Hall–Kier alpha value is -3.00. The van der Waals surface area contributed by atoms with Gasteiger partial charge in [0.1, 0.15) is 12.2 Å². The highest BCUT2D eigenvalue weighted by molar-refractivity contribution is 7.99. The zero-order valence-corrected chi connectivity index (χ0v) is 24.6. The summed E-state index contributed by atoms with van der Waals surface area (Å²) in [6.45, 7) is 2.82. The predicted molar refractivity (Wildman–Crippen MR) is 158 cm³/mol. The van der Waals surface area contributed by atoms with Crippen molar-refractivity contribution < 1.29 is 44.3 Å². The Bertz CT molecular complexity index is 1170. The minimum absolute atomic E-state index is 0.0184. The summed E-state index contributed by atoms with van der Waals surface area (Å²) in [5.74, 6) is -3.16. The van der Waals surface area contributed by atoms with Crippen LogP contribution >= 0.6 is 11.8 Å². The van der Waals surface area contributed by atoms with E-state index in [0.717, 1.165) is 28.2 Å². The molecule has 0 spiro atoms. The van der Waals surface area contributed by atoms with Gasteiger partial charge in [-0.15, -0.1) is 0 Å². The highest BCUT2D eigenvalue weighted by atomic mass is 32.2. The fourth-order valence-corrected chi connectivity index (χ4v) is 5.35. The van der Waals surface area contributed by atoms with Gasteiger partial charge in [0, 0.05) is 19.9 Å². The van der Waals surface area contributed by atoms with Crippen molar-refractivity contribution in [3.05, 3.63) is 60.2 Å². The number of aliphatic carboxylic acids is 1. The van der Waals surface area contributed by atoms with Gasteiger partial charge in [0.15, 0.2) is 0 Å². The number of hydrogen-bond donors (Lipinski definition) is 6. The molecular formula is C30H40N2O9S. The number of rotatable bonds is 15. The molecule has 1 aliphatic rings. The van der Waals surface area contributed by atoms with Gasteiger partial charge in [0.2, 0.25) is 11.8 Å². The maximum atomic E-state index is 12.6. The lowest BCUT2D eigenvalue weighted by Gasteiger charge is -2.46. The average molecular weight is 605 g/mol. The van der Waals surface area contributed by atoms with Gasteiger partial charge in [-0.25, -0.2) is 4.79 Å². The number of aliphatic hydroxyl groups is 3. The van der Waals surface area contributed by atoms with Crippen LogP contribution in [0.4, 0.5) is 0 Å². The number of ether oxygens (including phenoxy) is 2. The molecule has 0 bridgehead atoms. The second-order valence-corrected chi connectivity index (χ2v) is 11.5. The maximum absolute atomic E-state index is 12.6. The number of hydrogen-bond acceptors (Lipinski definition) is 9. The third-order valence-electron chi connectivity index (χ3n) is 6.91. The Balaban J connectivity index is 1.63. The van der Waals surface area contributed by atoms with Gasteiger partial charge in [0.25, 0.3) is 5.79 Å². The van der Waals surface area contributed by atoms with E-state index in [1.54, 1.807) is 11.8 Å². The molecule has 230 valence electrons. The summed E-state index contributed by atoms with van der Waals surface area (Å²) in [5.41, 5.74) is 2.79. The summed E-state index contributed by atoms with van der Waals surface area (Å²) in [5, 5.41) is 47.5. The van der Waals surface area contributed by atoms with Crippen LogP contribution in [0.15, 0.2) is 54.6 Å². The molecule has 12 heteroatoms. The van der Waals surface area contributed by atoms with Crippen LogP contribution in [0.25, 0.3) is 11.1 Å². The van der Waals surface area contributed by atoms with E-state index < -0.39 is 60.4 Å². The Labute approximate surface area is 249 Å². The fraction of sp³-hybridized carbons (Fsp3) is 0.500. The lowest BCUT2D eigenvalue weighted by molar-refractivity contribution is -0.310. The molecule has 3 rings (SSSR count). The van der Waals surface area contributed by atoms with Crippen molar-refractivity contribution in [3.63, 3.8) is 0 Å². The zero-order valence-electron chi connectivity index (χ0n) is 23.8. The van der Waals surface area contributed by atoms with E-state index in [1.165, 1.54) is 6.92 Å². The minimum atomic E-state index is -2.30. The molecule has 1 fully saturated rings.